The zero-order valence-corrected chi connectivity index (χ0v) is 11.4. The van der Waals surface area contributed by atoms with E-state index in [-0.39, 0.29) is 106 Å². The fraction of sp³-hybridized carbons (Fsp3) is 0. The van der Waals surface area contributed by atoms with E-state index in [0.29, 0.717) is 0 Å². The van der Waals surface area contributed by atoms with Gasteiger partial charge in [-0.3, -0.25) is 0 Å². The van der Waals surface area contributed by atoms with Crippen LogP contribution in [0.4, 0.5) is 0 Å². The molecule has 5 heavy (non-hydrogen) atoms. The normalized spacial score (nSPS) is 0. The maximum atomic E-state index is 0. The summed E-state index contributed by atoms with van der Waals surface area (Å²) in [6.45, 7) is 0. The molecule has 0 bridgehead atoms. The summed E-state index contributed by atoms with van der Waals surface area (Å²) >= 11 is 0. The van der Waals surface area contributed by atoms with E-state index in [0.717, 1.165) is 0 Å². The van der Waals surface area contributed by atoms with Gasteiger partial charge < -0.3 is 0 Å². The average Bonchev–Trinajstić information content (AvgIpc) is 0. The molecule has 0 unspecified atom stereocenters. The predicted molar refractivity (Wildman–Crippen MR) is 0 cm³/mol. The van der Waals surface area contributed by atoms with E-state index in [2.05, 4.69) is 0 Å². The first-order chi connectivity index (χ1) is 0. The smallest absolute Gasteiger partial charge is 0 e. The van der Waals surface area contributed by atoms with Crippen molar-refractivity contribution in [3.8, 4) is 0 Å². The van der Waals surface area contributed by atoms with Crippen molar-refractivity contribution in [3.05, 3.63) is 0 Å². The van der Waals surface area contributed by atoms with Gasteiger partial charge in [0.15, 0.2) is 0 Å². The van der Waals surface area contributed by atoms with Gasteiger partial charge in [-0.15, -0.1) is 0 Å². The first-order valence-corrected chi connectivity index (χ1v) is 0. The third-order valence-electron chi connectivity index (χ3n) is 0. The van der Waals surface area contributed by atoms with Crippen LogP contribution in [0, 0.1) is 0 Å². The summed E-state index contributed by atoms with van der Waals surface area (Å²) in [4.78, 5) is 0. The second kappa shape index (κ2) is 25.9. The van der Waals surface area contributed by atoms with Crippen LogP contribution in [0.3, 0.4) is 0 Å². The van der Waals surface area contributed by atoms with Crippen LogP contribution in [0.15, 0.2) is 0 Å². The first-order valence-electron chi connectivity index (χ1n) is 0. The van der Waals surface area contributed by atoms with E-state index in [1.54, 1.807) is 0 Å². The van der Waals surface area contributed by atoms with Gasteiger partial charge in [0, 0.05) is 106 Å². The SMILES string of the molecule is [Ag].[Au].[Ir].[Pd].[Pt]. The van der Waals surface area contributed by atoms with Crippen LogP contribution in [-0.2, 0) is 106 Å². The zero-order chi connectivity index (χ0) is 0. The van der Waals surface area contributed by atoms with Gasteiger partial charge in [0.25, 0.3) is 0 Å². The van der Waals surface area contributed by atoms with Gasteiger partial charge in [-0.2, -0.15) is 0 Å². The molecule has 5 heteroatoms. The van der Waals surface area contributed by atoms with Crippen molar-refractivity contribution < 1.29 is 106 Å². The van der Waals surface area contributed by atoms with Crippen molar-refractivity contribution in [1.82, 2.24) is 0 Å². The molecule has 0 nitrogen and oxygen atoms in total. The summed E-state index contributed by atoms with van der Waals surface area (Å²) < 4.78 is 0. The molecule has 0 aromatic heterocycles. The van der Waals surface area contributed by atoms with Crippen molar-refractivity contribution in [2.45, 2.75) is 0 Å². The van der Waals surface area contributed by atoms with Gasteiger partial charge in [-0.1, -0.05) is 0 Å². The summed E-state index contributed by atoms with van der Waals surface area (Å²) in [5.74, 6) is 0. The van der Waals surface area contributed by atoms with Gasteiger partial charge >= 0.3 is 0 Å². The second-order valence-corrected chi connectivity index (χ2v) is 0. The van der Waals surface area contributed by atoms with E-state index in [1.165, 1.54) is 0 Å². The van der Waals surface area contributed by atoms with E-state index in [9.17, 15) is 0 Å². The van der Waals surface area contributed by atoms with Gasteiger partial charge in [-0.05, 0) is 0 Å². The fourth-order valence-corrected chi connectivity index (χ4v) is 0. The minimum absolute atomic E-state index is 0. The Morgan fingerprint density at radius 3 is 1.00 bits per heavy atom. The predicted octanol–water partition coefficient (Wildman–Crippen LogP) is -0.0125. The Balaban J connectivity index is 0. The third-order valence-corrected chi connectivity index (χ3v) is 0. The first kappa shape index (κ1) is 39.2. The molecule has 0 fully saturated rings. The largest absolute Gasteiger partial charge is 0 e. The quantitative estimate of drug-likeness (QED) is 0.303. The van der Waals surface area contributed by atoms with Crippen LogP contribution in [0.5, 0.6) is 0 Å². The van der Waals surface area contributed by atoms with Crippen LogP contribution in [0.25, 0.3) is 0 Å². The fourth-order valence-electron chi connectivity index (χ4n) is 0. The van der Waals surface area contributed by atoms with Crippen molar-refractivity contribution in [1.29, 1.82) is 0 Å². The Bertz CT molecular complexity index is 11.6. The van der Waals surface area contributed by atoms with Crippen LogP contribution < -0.4 is 0 Å². The van der Waals surface area contributed by atoms with Crippen LogP contribution >= 0.6 is 0 Å². The third kappa shape index (κ3) is 18.5. The summed E-state index contributed by atoms with van der Waals surface area (Å²) in [7, 11) is 0. The molecule has 0 amide bonds. The molecule has 0 saturated heterocycles. The van der Waals surface area contributed by atoms with Crippen LogP contribution in [0.1, 0.15) is 0 Å². The molecule has 0 N–H and O–H groups in total. The maximum Gasteiger partial charge on any atom is 0 e. The van der Waals surface area contributed by atoms with Crippen LogP contribution in [0.2, 0.25) is 0 Å². The van der Waals surface area contributed by atoms with E-state index in [4.69, 9.17) is 0 Å². The van der Waals surface area contributed by atoms with Crippen molar-refractivity contribution in [3.63, 3.8) is 0 Å². The number of rotatable bonds is 0. The molecule has 0 aliphatic carbocycles. The molecule has 0 aliphatic heterocycles. The van der Waals surface area contributed by atoms with Crippen LogP contribution in [-0.4, -0.2) is 0 Å². The number of hydrogen-bond donors (Lipinski definition) is 0. The molecule has 3 radical (unpaired) electrons. The Labute approximate surface area is 104 Å². The van der Waals surface area contributed by atoms with Gasteiger partial charge in [-0.25, -0.2) is 0 Å². The van der Waals surface area contributed by atoms with Crippen molar-refractivity contribution in [2.75, 3.05) is 0 Å². The molecule has 0 saturated carbocycles. The molecule has 0 atom stereocenters. The Morgan fingerprint density at radius 2 is 1.00 bits per heavy atom. The molecular weight excluding hydrogens is 799 g/mol. The van der Waals surface area contributed by atoms with Gasteiger partial charge in [0.1, 0.15) is 0 Å². The summed E-state index contributed by atoms with van der Waals surface area (Å²) in [5, 5.41) is 0. The molecule has 51 valence electrons. The molecule has 0 aliphatic rings. The Morgan fingerprint density at radius 1 is 1.00 bits per heavy atom. The molecular formula is AgAuIrPdPt. The van der Waals surface area contributed by atoms with Crippen molar-refractivity contribution >= 4 is 0 Å². The van der Waals surface area contributed by atoms with E-state index < -0.39 is 0 Å². The molecule has 0 rings (SSSR count). The standard InChI is InChI=1S/Ag.Au.Ir.Pd.Pt. The van der Waals surface area contributed by atoms with Gasteiger partial charge in [0.05, 0.1) is 0 Å². The second-order valence-electron chi connectivity index (χ2n) is 0. The summed E-state index contributed by atoms with van der Waals surface area (Å²) in [6.07, 6.45) is 0. The molecule has 0 spiro atoms. The average molecular weight is 799 g/mol. The minimum atomic E-state index is 0. The summed E-state index contributed by atoms with van der Waals surface area (Å²) in [6, 6.07) is 0. The van der Waals surface area contributed by atoms with E-state index in [1.807, 2.05) is 0 Å². The molecule has 0 heterocycles. The molecule has 0 aromatic carbocycles. The van der Waals surface area contributed by atoms with Crippen molar-refractivity contribution in [2.24, 2.45) is 0 Å². The Hall–Kier alpha value is 3.48. The maximum absolute atomic E-state index is 0. The molecule has 0 aromatic rings. The summed E-state index contributed by atoms with van der Waals surface area (Å²) in [5.41, 5.74) is 0. The monoisotopic (exact) mass is 798 g/mol. The van der Waals surface area contributed by atoms with Gasteiger partial charge in [0.2, 0.25) is 0 Å². The Kier molecular flexibility index (Phi) is 203. The number of hydrogen-bond acceptors (Lipinski definition) is 0. The van der Waals surface area contributed by atoms with E-state index >= 15 is 0 Å². The topological polar surface area (TPSA) is 0 Å². The minimum Gasteiger partial charge on any atom is 0 e. The zero-order valence-electron chi connectivity index (χ0n) is 1.57.